The SMILES string of the molecule is [C-]#[N+]C(C(=O)OCCC(C)(C)O)=C1Sc2c(OC(=O)C3CCC(CCCCC)CC3)c3c(c(OC(=O)C4CCC(CCCCC)CC4)c2S1)C1c2ccccc2C12c1ccccc1C32. The first-order valence-corrected chi connectivity index (χ1v) is 25.9. The van der Waals surface area contributed by atoms with Crippen LogP contribution in [0.1, 0.15) is 182 Å². The van der Waals surface area contributed by atoms with Crippen molar-refractivity contribution in [3.8, 4) is 11.5 Å². The summed E-state index contributed by atoms with van der Waals surface area (Å²) >= 11 is 2.48. The van der Waals surface area contributed by atoms with Crippen molar-refractivity contribution in [1.82, 2.24) is 0 Å². The fraction of sp³-hybridized carbons (Fsp3) is 0.556. The molecular formula is C54H63NO7S2. The highest BCUT2D eigenvalue weighted by atomic mass is 32.2. The van der Waals surface area contributed by atoms with Crippen LogP contribution in [-0.2, 0) is 24.5 Å². The Balaban J connectivity index is 1.14. The van der Waals surface area contributed by atoms with Crippen molar-refractivity contribution in [3.05, 3.63) is 103 Å². The molecule has 0 aromatic heterocycles. The monoisotopic (exact) mass is 901 g/mol. The van der Waals surface area contributed by atoms with E-state index in [1.807, 2.05) is 0 Å². The molecule has 6 aliphatic rings. The molecule has 0 amide bonds. The molecule has 2 unspecified atom stereocenters. The van der Waals surface area contributed by atoms with Gasteiger partial charge < -0.3 is 19.3 Å². The highest BCUT2D eigenvalue weighted by Crippen LogP contribution is 2.81. The van der Waals surface area contributed by atoms with E-state index in [4.69, 9.17) is 20.8 Å². The van der Waals surface area contributed by atoms with Gasteiger partial charge >= 0.3 is 17.9 Å². The van der Waals surface area contributed by atoms with Crippen LogP contribution < -0.4 is 9.47 Å². The Morgan fingerprint density at radius 1 is 0.719 bits per heavy atom. The molecule has 1 spiro atoms. The van der Waals surface area contributed by atoms with E-state index in [1.54, 1.807) is 13.8 Å². The summed E-state index contributed by atoms with van der Waals surface area (Å²) in [7, 11) is 0. The number of unbranched alkanes of at least 4 members (excludes halogenated alkanes) is 4. The summed E-state index contributed by atoms with van der Waals surface area (Å²) in [6, 6.07) is 17.1. The van der Waals surface area contributed by atoms with Gasteiger partial charge in [-0.3, -0.25) is 14.4 Å². The fourth-order valence-corrected chi connectivity index (χ4v) is 14.6. The summed E-state index contributed by atoms with van der Waals surface area (Å²) in [5.74, 6) is 0.166. The number of carbonyl (C=O) groups excluding carboxylic acids is 3. The number of nitrogens with zero attached hydrogens (tertiary/aromatic N) is 1. The van der Waals surface area contributed by atoms with Gasteiger partial charge in [0.15, 0.2) is 0 Å². The predicted molar refractivity (Wildman–Crippen MR) is 251 cm³/mol. The van der Waals surface area contributed by atoms with E-state index < -0.39 is 17.0 Å². The normalized spacial score (nSPS) is 25.8. The first-order chi connectivity index (χ1) is 31.0. The largest absolute Gasteiger partial charge is 0.470 e. The second kappa shape index (κ2) is 18.7. The van der Waals surface area contributed by atoms with Gasteiger partial charge in [-0.2, -0.15) is 0 Å². The van der Waals surface area contributed by atoms with E-state index in [-0.39, 0.29) is 54.3 Å². The number of ether oxygens (including phenoxy) is 3. The fourth-order valence-electron chi connectivity index (χ4n) is 12.0. The number of hydrogen-bond donors (Lipinski definition) is 1. The van der Waals surface area contributed by atoms with Crippen LogP contribution in [0.5, 0.6) is 11.5 Å². The molecule has 64 heavy (non-hydrogen) atoms. The van der Waals surface area contributed by atoms with Crippen molar-refractivity contribution >= 4 is 41.4 Å². The molecule has 10 heteroatoms. The maximum absolute atomic E-state index is 14.7. The van der Waals surface area contributed by atoms with Gasteiger partial charge in [-0.15, -0.1) is 0 Å². The standard InChI is InChI=1S/C54H63NO7S2/c1-6-8-10-16-32-22-26-34(27-23-32)49(56)61-45-40-41(43-37-19-13-15-21-39(37)54(43)38-20-14-12-18-36(38)42(40)54)46(62-50(57)35-28-24-33(25-29-35)17-11-9-7-2)48-47(45)63-52(64-48)44(55-5)51(58)60-31-30-53(3,4)59/h12-15,18-21,32-35,42-43,59H,6-11,16-17,22-31H2,1-4H3. The number of rotatable bonds is 16. The van der Waals surface area contributed by atoms with Gasteiger partial charge in [-0.25, -0.2) is 4.85 Å². The zero-order valence-electron chi connectivity index (χ0n) is 38.0. The third-order valence-corrected chi connectivity index (χ3v) is 17.9. The molecule has 0 saturated heterocycles. The maximum atomic E-state index is 14.7. The molecule has 2 atom stereocenters. The average Bonchev–Trinajstić information content (AvgIpc) is 3.80. The number of benzene rings is 3. The topological polar surface area (TPSA) is 103 Å². The Kier molecular flexibility index (Phi) is 13.2. The minimum absolute atomic E-state index is 0.0527. The van der Waals surface area contributed by atoms with Gasteiger partial charge in [-0.05, 0) is 99.3 Å². The predicted octanol–water partition coefficient (Wildman–Crippen LogP) is 13.2. The van der Waals surface area contributed by atoms with Crippen LogP contribution in [0.25, 0.3) is 4.85 Å². The van der Waals surface area contributed by atoms with Crippen LogP contribution in [0.15, 0.2) is 68.3 Å². The molecule has 338 valence electrons. The second-order valence-corrected chi connectivity index (χ2v) is 22.3. The first-order valence-electron chi connectivity index (χ1n) is 24.2. The van der Waals surface area contributed by atoms with E-state index in [2.05, 4.69) is 67.2 Å². The van der Waals surface area contributed by atoms with Gasteiger partial charge in [0, 0.05) is 34.8 Å². The van der Waals surface area contributed by atoms with Crippen molar-refractivity contribution in [2.45, 2.75) is 169 Å². The molecule has 2 fully saturated rings. The summed E-state index contributed by atoms with van der Waals surface area (Å²) < 4.78 is 19.7. The van der Waals surface area contributed by atoms with Crippen LogP contribution in [0, 0.1) is 30.2 Å². The molecule has 1 aliphatic heterocycles. The van der Waals surface area contributed by atoms with E-state index in [0.717, 1.165) is 62.5 Å². The lowest BCUT2D eigenvalue weighted by Crippen LogP contribution is -2.52. The van der Waals surface area contributed by atoms with Crippen LogP contribution in [0.4, 0.5) is 0 Å². The summed E-state index contributed by atoms with van der Waals surface area (Å²) in [6.07, 6.45) is 17.1. The Morgan fingerprint density at radius 3 is 1.59 bits per heavy atom. The molecule has 1 N–H and O–H groups in total. The third kappa shape index (κ3) is 8.04. The number of carbonyl (C=O) groups is 3. The molecule has 0 radical (unpaired) electrons. The van der Waals surface area contributed by atoms with Gasteiger partial charge in [-0.1, -0.05) is 137 Å². The summed E-state index contributed by atoms with van der Waals surface area (Å²) in [4.78, 5) is 47.9. The quantitative estimate of drug-likeness (QED) is 0.0495. The molecule has 3 aromatic carbocycles. The number of fused-ring (bicyclic) bond motifs is 8. The second-order valence-electron chi connectivity index (χ2n) is 20.0. The van der Waals surface area contributed by atoms with Crippen LogP contribution in [0.2, 0.25) is 0 Å². The molecule has 2 saturated carbocycles. The van der Waals surface area contributed by atoms with E-state index in [0.29, 0.717) is 37.4 Å². The summed E-state index contributed by atoms with van der Waals surface area (Å²) in [5.41, 5.74) is 4.99. The average molecular weight is 902 g/mol. The summed E-state index contributed by atoms with van der Waals surface area (Å²) in [6.45, 7) is 15.9. The molecule has 1 heterocycles. The minimum Gasteiger partial charge on any atom is -0.470 e. The van der Waals surface area contributed by atoms with Crippen molar-refractivity contribution in [1.29, 1.82) is 0 Å². The Morgan fingerprint density at radius 2 is 1.17 bits per heavy atom. The lowest BCUT2D eigenvalue weighted by molar-refractivity contribution is -0.141. The van der Waals surface area contributed by atoms with Crippen molar-refractivity contribution in [2.75, 3.05) is 6.61 Å². The van der Waals surface area contributed by atoms with Crippen molar-refractivity contribution in [3.63, 3.8) is 0 Å². The van der Waals surface area contributed by atoms with Crippen molar-refractivity contribution < 1.29 is 33.7 Å². The Bertz CT molecular complexity index is 2240. The van der Waals surface area contributed by atoms with Gasteiger partial charge in [0.05, 0.1) is 44.6 Å². The Labute approximate surface area is 387 Å². The van der Waals surface area contributed by atoms with E-state index >= 15 is 0 Å². The lowest BCUT2D eigenvalue weighted by Gasteiger charge is -2.58. The number of hydrogen-bond acceptors (Lipinski definition) is 9. The number of esters is 3. The van der Waals surface area contributed by atoms with E-state index in [1.165, 1.54) is 97.1 Å². The van der Waals surface area contributed by atoms with E-state index in [9.17, 15) is 19.5 Å². The minimum atomic E-state index is -1.05. The van der Waals surface area contributed by atoms with Gasteiger partial charge in [0.1, 0.15) is 11.5 Å². The number of aliphatic hydroxyl groups is 1. The Hall–Kier alpha value is -4.04. The first kappa shape index (κ1) is 45.1. The highest BCUT2D eigenvalue weighted by Gasteiger charge is 2.71. The molecule has 8 nitrogen and oxygen atoms in total. The highest BCUT2D eigenvalue weighted by molar-refractivity contribution is 8.24. The smallest absolute Gasteiger partial charge is 0.338 e. The third-order valence-electron chi connectivity index (χ3n) is 15.4. The molecular weight excluding hydrogens is 839 g/mol. The van der Waals surface area contributed by atoms with Crippen molar-refractivity contribution in [2.24, 2.45) is 23.7 Å². The molecule has 0 bridgehead atoms. The van der Waals surface area contributed by atoms with Crippen LogP contribution in [0.3, 0.4) is 0 Å². The zero-order chi connectivity index (χ0) is 44.8. The molecule has 5 aliphatic carbocycles. The van der Waals surface area contributed by atoms with Gasteiger partial charge in [0.2, 0.25) is 0 Å². The maximum Gasteiger partial charge on any atom is 0.338 e. The summed E-state index contributed by atoms with van der Waals surface area (Å²) in [5, 5.41) is 10.3. The lowest BCUT2D eigenvalue weighted by atomic mass is 9.43. The zero-order valence-corrected chi connectivity index (χ0v) is 39.6. The van der Waals surface area contributed by atoms with Crippen LogP contribution in [-0.4, -0.2) is 35.2 Å². The molecule has 3 aromatic rings. The molecule has 9 rings (SSSR count). The number of thioether (sulfide) groups is 2. The van der Waals surface area contributed by atoms with Crippen LogP contribution >= 0.6 is 23.5 Å². The van der Waals surface area contributed by atoms with Gasteiger partial charge in [0.25, 0.3) is 5.70 Å².